The van der Waals surface area contributed by atoms with Crippen LogP contribution in [0, 0.1) is 0 Å². The van der Waals surface area contributed by atoms with Gasteiger partial charge in [0.05, 0.1) is 29.2 Å². The second kappa shape index (κ2) is 7.01. The predicted octanol–water partition coefficient (Wildman–Crippen LogP) is 3.93. The molecule has 0 fully saturated rings. The smallest absolute Gasteiger partial charge is 0.416 e. The van der Waals surface area contributed by atoms with E-state index < -0.39 is 18.4 Å². The SMILES string of the molecule is CN1C=C(OCCF)C(C2=Nc3cc(C(F)(F)F)ccc3N(C)C2)=CC1. The zero-order valence-corrected chi connectivity index (χ0v) is 14.5. The number of rotatable bonds is 4. The first-order chi connectivity index (χ1) is 12.3. The maximum absolute atomic E-state index is 13.0. The van der Waals surface area contributed by atoms with Crippen LogP contribution in [0.4, 0.5) is 28.9 Å². The normalized spacial score (nSPS) is 17.4. The molecule has 0 saturated heterocycles. The number of halogens is 4. The van der Waals surface area contributed by atoms with Crippen molar-refractivity contribution in [3.63, 3.8) is 0 Å². The number of hydrogen-bond acceptors (Lipinski definition) is 4. The molecule has 140 valence electrons. The molecule has 0 bridgehead atoms. The molecule has 3 rings (SSSR count). The van der Waals surface area contributed by atoms with E-state index in [2.05, 4.69) is 4.99 Å². The number of aliphatic imine (C=N–C) groups is 1. The molecule has 0 aliphatic carbocycles. The molecule has 8 heteroatoms. The molecule has 2 aliphatic heterocycles. The number of anilines is 1. The van der Waals surface area contributed by atoms with Gasteiger partial charge in [-0.2, -0.15) is 13.2 Å². The van der Waals surface area contributed by atoms with Gasteiger partial charge >= 0.3 is 6.18 Å². The average molecular weight is 369 g/mol. The number of benzene rings is 1. The number of nitrogens with zero attached hydrogens (tertiary/aromatic N) is 3. The lowest BCUT2D eigenvalue weighted by atomic mass is 10.0. The van der Waals surface area contributed by atoms with E-state index in [0.717, 1.165) is 12.1 Å². The Balaban J connectivity index is 1.99. The van der Waals surface area contributed by atoms with Gasteiger partial charge in [0.2, 0.25) is 0 Å². The van der Waals surface area contributed by atoms with Crippen LogP contribution in [0.1, 0.15) is 5.56 Å². The zero-order valence-electron chi connectivity index (χ0n) is 14.5. The standard InChI is InChI=1S/C18H19F4N3O/c1-24-7-5-13(17(11-24)26-8-6-19)15-10-25(2)16-4-3-12(18(20,21)22)9-14(16)23-15/h3-5,9,11H,6-8,10H2,1-2H3. The van der Waals surface area contributed by atoms with Crippen LogP contribution in [-0.2, 0) is 10.9 Å². The molecular formula is C18H19F4N3O. The Hall–Kier alpha value is -2.51. The number of ether oxygens (including phenoxy) is 1. The van der Waals surface area contributed by atoms with Crippen LogP contribution in [0.5, 0.6) is 0 Å². The fourth-order valence-electron chi connectivity index (χ4n) is 2.93. The number of alkyl halides is 4. The van der Waals surface area contributed by atoms with Crippen LogP contribution in [-0.4, -0.2) is 51.1 Å². The van der Waals surface area contributed by atoms with Crippen LogP contribution in [0.2, 0.25) is 0 Å². The van der Waals surface area contributed by atoms with Gasteiger partial charge < -0.3 is 14.5 Å². The Morgan fingerprint density at radius 2 is 2.00 bits per heavy atom. The predicted molar refractivity (Wildman–Crippen MR) is 92.5 cm³/mol. The molecule has 0 amide bonds. The molecule has 0 N–H and O–H groups in total. The first-order valence-corrected chi connectivity index (χ1v) is 8.11. The highest BCUT2D eigenvalue weighted by molar-refractivity contribution is 6.09. The lowest BCUT2D eigenvalue weighted by Gasteiger charge is -2.30. The Labute approximate surface area is 149 Å². The average Bonchev–Trinajstić information content (AvgIpc) is 2.58. The maximum atomic E-state index is 13.0. The van der Waals surface area contributed by atoms with E-state index in [1.165, 1.54) is 6.07 Å². The van der Waals surface area contributed by atoms with Gasteiger partial charge in [-0.3, -0.25) is 0 Å². The second-order valence-electron chi connectivity index (χ2n) is 6.20. The summed E-state index contributed by atoms with van der Waals surface area (Å²) in [5.41, 5.74) is 1.43. The summed E-state index contributed by atoms with van der Waals surface area (Å²) in [6.45, 7) is 0.313. The van der Waals surface area contributed by atoms with Crippen molar-refractivity contribution in [2.24, 2.45) is 4.99 Å². The van der Waals surface area contributed by atoms with E-state index in [9.17, 15) is 17.6 Å². The molecule has 2 aliphatic rings. The largest absolute Gasteiger partial charge is 0.489 e. The molecule has 1 aromatic rings. The van der Waals surface area contributed by atoms with Crippen LogP contribution in [0.25, 0.3) is 0 Å². The minimum absolute atomic E-state index is 0.0884. The van der Waals surface area contributed by atoms with Gasteiger partial charge in [-0.1, -0.05) is 6.08 Å². The molecular weight excluding hydrogens is 350 g/mol. The van der Waals surface area contributed by atoms with E-state index in [1.807, 2.05) is 22.9 Å². The molecule has 0 atom stereocenters. The Morgan fingerprint density at radius 3 is 2.69 bits per heavy atom. The summed E-state index contributed by atoms with van der Waals surface area (Å²) in [4.78, 5) is 8.16. The quantitative estimate of drug-likeness (QED) is 0.753. The minimum atomic E-state index is -4.43. The summed E-state index contributed by atoms with van der Waals surface area (Å²) < 4.78 is 57.0. The van der Waals surface area contributed by atoms with Crippen molar-refractivity contribution in [2.75, 3.05) is 45.4 Å². The number of fused-ring (bicyclic) bond motifs is 1. The van der Waals surface area contributed by atoms with Crippen molar-refractivity contribution in [3.05, 3.63) is 47.4 Å². The molecule has 26 heavy (non-hydrogen) atoms. The van der Waals surface area contributed by atoms with Crippen LogP contribution >= 0.6 is 0 Å². The molecule has 0 aromatic heterocycles. The molecule has 0 spiro atoms. The van der Waals surface area contributed by atoms with Gasteiger partial charge in [-0.15, -0.1) is 0 Å². The molecule has 4 nitrogen and oxygen atoms in total. The highest BCUT2D eigenvalue weighted by Crippen LogP contribution is 2.39. The molecule has 1 aromatic carbocycles. The zero-order chi connectivity index (χ0) is 18.9. The van der Waals surface area contributed by atoms with Gasteiger partial charge in [0.1, 0.15) is 19.0 Å². The third kappa shape index (κ3) is 3.68. The van der Waals surface area contributed by atoms with Crippen molar-refractivity contribution in [1.82, 2.24) is 4.90 Å². The summed E-state index contributed by atoms with van der Waals surface area (Å²) in [5.74, 6) is 0.471. The second-order valence-corrected chi connectivity index (χ2v) is 6.20. The summed E-state index contributed by atoms with van der Waals surface area (Å²) >= 11 is 0. The third-order valence-corrected chi connectivity index (χ3v) is 4.19. The van der Waals surface area contributed by atoms with Crippen LogP contribution in [0.15, 0.2) is 46.8 Å². The summed E-state index contributed by atoms with van der Waals surface area (Å²) in [6.07, 6.45) is -0.795. The fourth-order valence-corrected chi connectivity index (χ4v) is 2.93. The maximum Gasteiger partial charge on any atom is 0.416 e. The van der Waals surface area contributed by atoms with Crippen LogP contribution < -0.4 is 4.90 Å². The van der Waals surface area contributed by atoms with E-state index in [4.69, 9.17) is 4.74 Å². The lowest BCUT2D eigenvalue weighted by Crippen LogP contribution is -2.32. The molecule has 0 radical (unpaired) electrons. The van der Waals surface area contributed by atoms with Crippen molar-refractivity contribution >= 4 is 17.1 Å². The van der Waals surface area contributed by atoms with E-state index >= 15 is 0 Å². The van der Waals surface area contributed by atoms with Crippen molar-refractivity contribution < 1.29 is 22.3 Å². The third-order valence-electron chi connectivity index (χ3n) is 4.19. The highest BCUT2D eigenvalue weighted by Gasteiger charge is 2.32. The van der Waals surface area contributed by atoms with Crippen molar-refractivity contribution in [3.8, 4) is 0 Å². The van der Waals surface area contributed by atoms with Crippen molar-refractivity contribution in [1.29, 1.82) is 0 Å². The fraction of sp³-hybridized carbons (Fsp3) is 0.389. The highest BCUT2D eigenvalue weighted by atomic mass is 19.4. The van der Waals surface area contributed by atoms with Gasteiger partial charge in [-0.25, -0.2) is 9.38 Å². The van der Waals surface area contributed by atoms with Gasteiger partial charge in [-0.05, 0) is 18.2 Å². The summed E-state index contributed by atoms with van der Waals surface area (Å²) in [6, 6.07) is 3.53. The molecule has 0 unspecified atom stereocenters. The Morgan fingerprint density at radius 1 is 1.23 bits per heavy atom. The minimum Gasteiger partial charge on any atom is -0.489 e. The Kier molecular flexibility index (Phi) is 4.93. The van der Waals surface area contributed by atoms with Gasteiger partial charge in [0.25, 0.3) is 0 Å². The Bertz CT molecular complexity index is 783. The molecule has 0 saturated carbocycles. The number of hydrogen-bond donors (Lipinski definition) is 0. The summed E-state index contributed by atoms with van der Waals surface area (Å²) in [7, 11) is 3.65. The first-order valence-electron chi connectivity index (χ1n) is 8.11. The number of likely N-dealkylation sites (N-methyl/N-ethyl adjacent to an activating group) is 1. The van der Waals surface area contributed by atoms with Gasteiger partial charge in [0, 0.05) is 32.4 Å². The lowest BCUT2D eigenvalue weighted by molar-refractivity contribution is -0.137. The first kappa shape index (κ1) is 18.3. The molecule has 2 heterocycles. The monoisotopic (exact) mass is 369 g/mol. The van der Waals surface area contributed by atoms with Crippen molar-refractivity contribution in [2.45, 2.75) is 6.18 Å². The summed E-state index contributed by atoms with van der Waals surface area (Å²) in [5, 5.41) is 0. The van der Waals surface area contributed by atoms with E-state index in [1.54, 1.807) is 13.2 Å². The van der Waals surface area contributed by atoms with E-state index in [0.29, 0.717) is 35.8 Å². The van der Waals surface area contributed by atoms with Crippen LogP contribution in [0.3, 0.4) is 0 Å². The number of allylic oxidation sites excluding steroid dienone is 1. The topological polar surface area (TPSA) is 28.1 Å². The van der Waals surface area contributed by atoms with E-state index in [-0.39, 0.29) is 12.3 Å². The van der Waals surface area contributed by atoms with Gasteiger partial charge in [0.15, 0.2) is 0 Å².